The molecule has 15 heavy (non-hydrogen) atoms. The van der Waals surface area contributed by atoms with Crippen molar-refractivity contribution in [3.63, 3.8) is 0 Å². The number of aromatic nitrogens is 2. The molecule has 2 heterocycles. The van der Waals surface area contributed by atoms with E-state index >= 15 is 0 Å². The van der Waals surface area contributed by atoms with E-state index in [1.807, 2.05) is 22.7 Å². The number of fused-ring (bicyclic) bond motifs is 1. The first-order chi connectivity index (χ1) is 7.08. The monoisotopic (exact) mass is 203 g/mol. The third kappa shape index (κ3) is 1.70. The van der Waals surface area contributed by atoms with Gasteiger partial charge in [0.2, 0.25) is 0 Å². The maximum Gasteiger partial charge on any atom is 0.268 e. The number of pyridine rings is 1. The zero-order valence-electron chi connectivity index (χ0n) is 8.77. The molecule has 78 valence electrons. The second kappa shape index (κ2) is 3.38. The van der Waals surface area contributed by atoms with E-state index in [-0.39, 0.29) is 0 Å². The highest BCUT2D eigenvalue weighted by molar-refractivity contribution is 5.91. The van der Waals surface area contributed by atoms with Crippen LogP contribution in [-0.4, -0.2) is 15.3 Å². The highest BCUT2D eigenvalue weighted by Crippen LogP contribution is 2.15. The Morgan fingerprint density at radius 1 is 1.40 bits per heavy atom. The molecule has 4 nitrogen and oxygen atoms in total. The summed E-state index contributed by atoms with van der Waals surface area (Å²) in [5.74, 6) is -0.0429. The van der Waals surface area contributed by atoms with Crippen molar-refractivity contribution < 1.29 is 4.79 Å². The van der Waals surface area contributed by atoms with Crippen molar-refractivity contribution >= 4 is 11.6 Å². The van der Waals surface area contributed by atoms with Crippen molar-refractivity contribution in [1.29, 1.82) is 0 Å². The standard InChI is InChI=1S/C11H13N3O/c1-7(2)8-3-4-10-13-9(11(12)15)6-14(10)5-8/h3-7H,1-2H3,(H2,12,15). The molecule has 0 bridgehead atoms. The fourth-order valence-electron chi connectivity index (χ4n) is 1.47. The van der Waals surface area contributed by atoms with Crippen LogP contribution in [0.5, 0.6) is 0 Å². The van der Waals surface area contributed by atoms with E-state index in [1.165, 1.54) is 5.56 Å². The summed E-state index contributed by atoms with van der Waals surface area (Å²) in [4.78, 5) is 15.0. The minimum atomic E-state index is -0.496. The maximum absolute atomic E-state index is 10.9. The summed E-state index contributed by atoms with van der Waals surface area (Å²) in [7, 11) is 0. The summed E-state index contributed by atoms with van der Waals surface area (Å²) < 4.78 is 1.83. The lowest BCUT2D eigenvalue weighted by atomic mass is 10.1. The van der Waals surface area contributed by atoms with E-state index in [2.05, 4.69) is 18.8 Å². The number of carbonyl (C=O) groups is 1. The first-order valence-electron chi connectivity index (χ1n) is 4.86. The number of carbonyl (C=O) groups excluding carboxylic acids is 1. The molecule has 2 aromatic heterocycles. The molecule has 0 aliphatic rings. The Balaban J connectivity index is 2.57. The van der Waals surface area contributed by atoms with Gasteiger partial charge in [-0.15, -0.1) is 0 Å². The van der Waals surface area contributed by atoms with Gasteiger partial charge in [0.25, 0.3) is 5.91 Å². The average Bonchev–Trinajstić information content (AvgIpc) is 2.59. The minimum absolute atomic E-state index is 0.302. The Labute approximate surface area is 87.7 Å². The summed E-state index contributed by atoms with van der Waals surface area (Å²) >= 11 is 0. The Bertz CT molecular complexity index is 514. The number of nitrogens with two attached hydrogens (primary N) is 1. The van der Waals surface area contributed by atoms with Gasteiger partial charge in [0.15, 0.2) is 0 Å². The van der Waals surface area contributed by atoms with Gasteiger partial charge >= 0.3 is 0 Å². The van der Waals surface area contributed by atoms with E-state index < -0.39 is 5.91 Å². The molecule has 0 aliphatic carbocycles. The van der Waals surface area contributed by atoms with Gasteiger partial charge in [0.05, 0.1) is 0 Å². The van der Waals surface area contributed by atoms with Gasteiger partial charge in [-0.2, -0.15) is 0 Å². The summed E-state index contributed by atoms with van der Waals surface area (Å²) in [6.45, 7) is 4.24. The molecule has 0 atom stereocenters. The fourth-order valence-corrected chi connectivity index (χ4v) is 1.47. The molecule has 0 aromatic carbocycles. The van der Waals surface area contributed by atoms with Crippen LogP contribution < -0.4 is 5.73 Å². The van der Waals surface area contributed by atoms with Gasteiger partial charge in [-0.05, 0) is 17.5 Å². The molecule has 0 saturated carbocycles. The van der Waals surface area contributed by atoms with Crippen molar-refractivity contribution in [2.24, 2.45) is 5.73 Å². The van der Waals surface area contributed by atoms with Crippen molar-refractivity contribution in [3.8, 4) is 0 Å². The normalized spacial score (nSPS) is 11.1. The quantitative estimate of drug-likeness (QED) is 0.805. The molecule has 0 saturated heterocycles. The van der Waals surface area contributed by atoms with Gasteiger partial charge in [0.1, 0.15) is 11.3 Å². The van der Waals surface area contributed by atoms with Crippen LogP contribution in [0, 0.1) is 0 Å². The van der Waals surface area contributed by atoms with Crippen LogP contribution in [0.15, 0.2) is 24.5 Å². The smallest absolute Gasteiger partial charge is 0.268 e. The zero-order valence-corrected chi connectivity index (χ0v) is 8.77. The van der Waals surface area contributed by atoms with Gasteiger partial charge < -0.3 is 10.1 Å². The van der Waals surface area contributed by atoms with Crippen molar-refractivity contribution in [3.05, 3.63) is 35.8 Å². The molecule has 0 aliphatic heterocycles. The number of nitrogens with zero attached hydrogens (tertiary/aromatic N) is 2. The molecule has 2 N–H and O–H groups in total. The summed E-state index contributed by atoms with van der Waals surface area (Å²) in [5.41, 5.74) is 7.41. The summed E-state index contributed by atoms with van der Waals surface area (Å²) in [6, 6.07) is 3.90. The number of hydrogen-bond donors (Lipinski definition) is 1. The Morgan fingerprint density at radius 2 is 2.13 bits per heavy atom. The molecule has 2 rings (SSSR count). The fraction of sp³-hybridized carbons (Fsp3) is 0.273. The molecule has 0 fully saturated rings. The van der Waals surface area contributed by atoms with Crippen LogP contribution in [0.3, 0.4) is 0 Å². The molecule has 2 aromatic rings. The van der Waals surface area contributed by atoms with Crippen molar-refractivity contribution in [2.75, 3.05) is 0 Å². The van der Waals surface area contributed by atoms with Gasteiger partial charge in [0, 0.05) is 12.4 Å². The van der Waals surface area contributed by atoms with E-state index in [0.717, 1.165) is 5.65 Å². The Kier molecular flexibility index (Phi) is 2.19. The van der Waals surface area contributed by atoms with Crippen LogP contribution in [0.2, 0.25) is 0 Å². The highest BCUT2D eigenvalue weighted by atomic mass is 16.1. The number of primary amides is 1. The predicted molar refractivity (Wildman–Crippen MR) is 57.8 cm³/mol. The number of rotatable bonds is 2. The van der Waals surface area contributed by atoms with Gasteiger partial charge in [-0.25, -0.2) is 4.98 Å². The van der Waals surface area contributed by atoms with Gasteiger partial charge in [-0.1, -0.05) is 19.9 Å². The van der Waals surface area contributed by atoms with Gasteiger partial charge in [-0.3, -0.25) is 4.79 Å². The lowest BCUT2D eigenvalue weighted by Crippen LogP contribution is -2.10. The first-order valence-corrected chi connectivity index (χ1v) is 4.86. The van der Waals surface area contributed by atoms with Crippen LogP contribution in [0.4, 0.5) is 0 Å². The van der Waals surface area contributed by atoms with E-state index in [1.54, 1.807) is 6.20 Å². The zero-order chi connectivity index (χ0) is 11.0. The van der Waals surface area contributed by atoms with Crippen LogP contribution in [-0.2, 0) is 0 Å². The van der Waals surface area contributed by atoms with Crippen LogP contribution in [0.1, 0.15) is 35.8 Å². The molecule has 0 spiro atoms. The lowest BCUT2D eigenvalue weighted by Gasteiger charge is -2.04. The molecule has 1 amide bonds. The second-order valence-electron chi connectivity index (χ2n) is 3.87. The number of imidazole rings is 1. The maximum atomic E-state index is 10.9. The molecular weight excluding hydrogens is 190 g/mol. The molecule has 4 heteroatoms. The minimum Gasteiger partial charge on any atom is -0.364 e. The Morgan fingerprint density at radius 3 is 2.73 bits per heavy atom. The number of amides is 1. The average molecular weight is 203 g/mol. The van der Waals surface area contributed by atoms with Crippen LogP contribution >= 0.6 is 0 Å². The Hall–Kier alpha value is -1.84. The highest BCUT2D eigenvalue weighted by Gasteiger charge is 2.07. The largest absolute Gasteiger partial charge is 0.364 e. The van der Waals surface area contributed by atoms with E-state index in [4.69, 9.17) is 5.73 Å². The first kappa shape index (κ1) is 9.71. The molecule has 0 radical (unpaired) electrons. The van der Waals surface area contributed by atoms with E-state index in [9.17, 15) is 4.79 Å². The second-order valence-corrected chi connectivity index (χ2v) is 3.87. The molecule has 0 unspecified atom stereocenters. The topological polar surface area (TPSA) is 60.4 Å². The summed E-state index contributed by atoms with van der Waals surface area (Å²) in [6.07, 6.45) is 3.63. The third-order valence-corrected chi connectivity index (χ3v) is 2.39. The molecular formula is C11H13N3O. The number of hydrogen-bond acceptors (Lipinski definition) is 2. The van der Waals surface area contributed by atoms with E-state index in [0.29, 0.717) is 11.6 Å². The van der Waals surface area contributed by atoms with Crippen molar-refractivity contribution in [2.45, 2.75) is 19.8 Å². The van der Waals surface area contributed by atoms with Crippen LogP contribution in [0.25, 0.3) is 5.65 Å². The third-order valence-electron chi connectivity index (χ3n) is 2.39. The SMILES string of the molecule is CC(C)c1ccc2nc(C(N)=O)cn2c1. The predicted octanol–water partition coefficient (Wildman–Crippen LogP) is 1.56. The van der Waals surface area contributed by atoms with Crippen molar-refractivity contribution in [1.82, 2.24) is 9.38 Å². The summed E-state index contributed by atoms with van der Waals surface area (Å²) in [5, 5.41) is 0. The lowest BCUT2D eigenvalue weighted by molar-refractivity contribution is 0.0996.